The van der Waals surface area contributed by atoms with Gasteiger partial charge in [0.1, 0.15) is 11.7 Å². The van der Waals surface area contributed by atoms with Gasteiger partial charge in [-0.15, -0.1) is 0 Å². The van der Waals surface area contributed by atoms with Crippen LogP contribution in [0.1, 0.15) is 25.7 Å². The fraction of sp³-hybridized carbons (Fsp3) is 0.364. The lowest BCUT2D eigenvalue weighted by Crippen LogP contribution is -2.18. The summed E-state index contributed by atoms with van der Waals surface area (Å²) in [6.07, 6.45) is 4.03. The van der Waals surface area contributed by atoms with Crippen LogP contribution in [0, 0.1) is 0 Å². The van der Waals surface area contributed by atoms with Crippen LogP contribution in [0.3, 0.4) is 0 Å². The maximum Gasteiger partial charge on any atom is 0.207 e. The van der Waals surface area contributed by atoms with Crippen LogP contribution in [0.5, 0.6) is 0 Å². The van der Waals surface area contributed by atoms with E-state index in [1.807, 2.05) is 38.4 Å². The van der Waals surface area contributed by atoms with E-state index in [0.717, 1.165) is 61.6 Å². The molecule has 150 valence electrons. The van der Waals surface area contributed by atoms with Crippen LogP contribution in [-0.4, -0.2) is 57.1 Å². The zero-order valence-electron chi connectivity index (χ0n) is 16.7. The maximum absolute atomic E-state index is 13.3. The fourth-order valence-corrected chi connectivity index (χ4v) is 6.06. The molecule has 0 aliphatic carbocycles. The summed E-state index contributed by atoms with van der Waals surface area (Å²) in [6, 6.07) is 11.0. The van der Waals surface area contributed by atoms with Crippen LogP contribution >= 0.6 is 0 Å². The molecular weight excluding hydrogens is 384 g/mol. The first-order valence-electron chi connectivity index (χ1n) is 10.0. The Morgan fingerprint density at radius 1 is 0.759 bits per heavy atom. The number of benzene rings is 2. The van der Waals surface area contributed by atoms with Crippen molar-refractivity contribution in [2.45, 2.75) is 35.5 Å². The Morgan fingerprint density at radius 2 is 1.21 bits per heavy atom. The minimum atomic E-state index is -3.57. The summed E-state index contributed by atoms with van der Waals surface area (Å²) < 4.78 is 26.5. The van der Waals surface area contributed by atoms with E-state index in [-0.39, 0.29) is 0 Å². The number of aliphatic imine (C=N–C) groups is 2. The number of amidine groups is 2. The first-order chi connectivity index (χ1) is 13.9. The standard InChI is InChI=1S/C22H24N4O2S/c1-25-11-3-5-21(25)23-15-7-9-17-18-10-8-16(24-22-6-4-12-26(22)2)14-20(18)29(27,28)19(17)13-15/h7-10,13-14H,3-6,11-12H2,1-2H3. The van der Waals surface area contributed by atoms with Gasteiger partial charge in [0.25, 0.3) is 0 Å². The highest BCUT2D eigenvalue weighted by Gasteiger charge is 2.33. The summed E-state index contributed by atoms with van der Waals surface area (Å²) in [7, 11) is 0.479. The number of likely N-dealkylation sites (tertiary alicyclic amines) is 2. The number of nitrogens with zero attached hydrogens (tertiary/aromatic N) is 4. The molecule has 0 atom stereocenters. The van der Waals surface area contributed by atoms with Gasteiger partial charge in [0.05, 0.1) is 21.2 Å². The normalized spacial score (nSPS) is 22.6. The topological polar surface area (TPSA) is 65.3 Å². The Bertz CT molecular complexity index is 1080. The van der Waals surface area contributed by atoms with E-state index in [4.69, 9.17) is 9.98 Å². The van der Waals surface area contributed by atoms with Gasteiger partial charge in [-0.05, 0) is 37.1 Å². The van der Waals surface area contributed by atoms with Crippen LogP contribution in [0.25, 0.3) is 11.1 Å². The third-order valence-electron chi connectivity index (χ3n) is 5.98. The van der Waals surface area contributed by atoms with Crippen molar-refractivity contribution in [1.29, 1.82) is 0 Å². The zero-order chi connectivity index (χ0) is 20.2. The quantitative estimate of drug-likeness (QED) is 0.643. The van der Waals surface area contributed by atoms with Crippen molar-refractivity contribution in [2.24, 2.45) is 9.98 Å². The van der Waals surface area contributed by atoms with Gasteiger partial charge in [0.15, 0.2) is 0 Å². The number of sulfone groups is 1. The van der Waals surface area contributed by atoms with Crippen molar-refractivity contribution in [1.82, 2.24) is 9.80 Å². The molecule has 2 fully saturated rings. The van der Waals surface area contributed by atoms with Crippen LogP contribution in [0.15, 0.2) is 56.2 Å². The molecule has 0 N–H and O–H groups in total. The molecule has 0 bridgehead atoms. The van der Waals surface area contributed by atoms with Gasteiger partial charge in [-0.25, -0.2) is 18.4 Å². The molecule has 0 aromatic heterocycles. The van der Waals surface area contributed by atoms with Gasteiger partial charge >= 0.3 is 0 Å². The van der Waals surface area contributed by atoms with Crippen molar-refractivity contribution in [2.75, 3.05) is 27.2 Å². The van der Waals surface area contributed by atoms with E-state index >= 15 is 0 Å². The molecule has 2 saturated heterocycles. The monoisotopic (exact) mass is 408 g/mol. The molecular formula is C22H24N4O2S. The summed E-state index contributed by atoms with van der Waals surface area (Å²) in [4.78, 5) is 14.3. The number of fused-ring (bicyclic) bond motifs is 3. The van der Waals surface area contributed by atoms with Crippen molar-refractivity contribution in [3.05, 3.63) is 36.4 Å². The highest BCUT2D eigenvalue weighted by atomic mass is 32.2. The molecule has 7 heteroatoms. The molecule has 0 saturated carbocycles. The number of hydrogen-bond acceptors (Lipinski definition) is 4. The Morgan fingerprint density at radius 3 is 1.59 bits per heavy atom. The molecule has 6 nitrogen and oxygen atoms in total. The van der Waals surface area contributed by atoms with Crippen LogP contribution in [-0.2, 0) is 9.84 Å². The lowest BCUT2D eigenvalue weighted by atomic mass is 10.1. The largest absolute Gasteiger partial charge is 0.363 e. The predicted molar refractivity (Wildman–Crippen MR) is 115 cm³/mol. The van der Waals surface area contributed by atoms with E-state index in [9.17, 15) is 8.42 Å². The van der Waals surface area contributed by atoms with Gasteiger partial charge in [0.2, 0.25) is 9.84 Å². The average molecular weight is 409 g/mol. The second-order valence-corrected chi connectivity index (χ2v) is 9.86. The summed E-state index contributed by atoms with van der Waals surface area (Å²) in [5.41, 5.74) is 2.88. The van der Waals surface area contributed by atoms with Gasteiger partial charge in [0, 0.05) is 51.2 Å². The van der Waals surface area contributed by atoms with Crippen molar-refractivity contribution in [3.8, 4) is 11.1 Å². The van der Waals surface area contributed by atoms with Crippen LogP contribution in [0.2, 0.25) is 0 Å². The van der Waals surface area contributed by atoms with Gasteiger partial charge in [-0.3, -0.25) is 0 Å². The molecule has 2 aromatic rings. The summed E-state index contributed by atoms with van der Waals surface area (Å²) in [5, 5.41) is 0. The van der Waals surface area contributed by atoms with Crippen LogP contribution < -0.4 is 0 Å². The molecule has 0 amide bonds. The molecule has 0 spiro atoms. The van der Waals surface area contributed by atoms with Crippen molar-refractivity contribution in [3.63, 3.8) is 0 Å². The van der Waals surface area contributed by atoms with Gasteiger partial charge < -0.3 is 9.80 Å². The third kappa shape index (κ3) is 3.04. The fourth-order valence-electron chi connectivity index (χ4n) is 4.34. The molecule has 3 aliphatic heterocycles. The highest BCUT2D eigenvalue weighted by molar-refractivity contribution is 7.92. The Balaban J connectivity index is 1.55. The summed E-state index contributed by atoms with van der Waals surface area (Å²) in [6.45, 7) is 1.99. The molecule has 0 unspecified atom stereocenters. The second kappa shape index (κ2) is 6.69. The second-order valence-electron chi connectivity index (χ2n) is 7.97. The van der Waals surface area contributed by atoms with E-state index in [1.165, 1.54) is 0 Å². The molecule has 2 aromatic carbocycles. The van der Waals surface area contributed by atoms with E-state index in [2.05, 4.69) is 9.80 Å². The molecule has 29 heavy (non-hydrogen) atoms. The van der Waals surface area contributed by atoms with E-state index < -0.39 is 9.84 Å². The van der Waals surface area contributed by atoms with Crippen molar-refractivity contribution >= 4 is 32.9 Å². The molecule has 3 aliphatic rings. The maximum atomic E-state index is 13.3. The molecule has 0 radical (unpaired) electrons. The summed E-state index contributed by atoms with van der Waals surface area (Å²) in [5.74, 6) is 2.02. The SMILES string of the molecule is CN1CCCC1=Nc1ccc2c(c1)S(=O)(=O)c1cc(N=C3CCCN3C)ccc1-2. The van der Waals surface area contributed by atoms with E-state index in [0.29, 0.717) is 21.2 Å². The third-order valence-corrected chi connectivity index (χ3v) is 7.82. The lowest BCUT2D eigenvalue weighted by molar-refractivity contribution is 0.550. The Hall–Kier alpha value is -2.67. The summed E-state index contributed by atoms with van der Waals surface area (Å²) >= 11 is 0. The zero-order valence-corrected chi connectivity index (χ0v) is 17.5. The highest BCUT2D eigenvalue weighted by Crippen LogP contribution is 2.45. The predicted octanol–water partition coefficient (Wildman–Crippen LogP) is 4.01. The number of hydrogen-bond donors (Lipinski definition) is 0. The van der Waals surface area contributed by atoms with E-state index in [1.54, 1.807) is 12.1 Å². The van der Waals surface area contributed by atoms with Crippen LogP contribution in [0.4, 0.5) is 11.4 Å². The molecule has 5 rings (SSSR count). The first-order valence-corrected chi connectivity index (χ1v) is 11.5. The average Bonchev–Trinajstić information content (AvgIpc) is 3.35. The van der Waals surface area contributed by atoms with Crippen molar-refractivity contribution < 1.29 is 8.42 Å². The van der Waals surface area contributed by atoms with Gasteiger partial charge in [-0.2, -0.15) is 0 Å². The Kier molecular flexibility index (Phi) is 4.24. The van der Waals surface area contributed by atoms with Gasteiger partial charge in [-0.1, -0.05) is 12.1 Å². The molecule has 3 heterocycles. The minimum absolute atomic E-state index is 0.345. The smallest absolute Gasteiger partial charge is 0.207 e. The lowest BCUT2D eigenvalue weighted by Gasteiger charge is -2.11. The Labute approximate surface area is 171 Å². The first kappa shape index (κ1) is 18.4. The number of rotatable bonds is 2. The minimum Gasteiger partial charge on any atom is -0.363 e.